The minimum Gasteiger partial charge on any atom is -0.0630 e. The van der Waals surface area contributed by atoms with Gasteiger partial charge in [-0.2, -0.15) is 0 Å². The second kappa shape index (κ2) is 17.4. The molecule has 1 aliphatic carbocycles. The zero-order chi connectivity index (χ0) is 20.7. The van der Waals surface area contributed by atoms with Crippen LogP contribution in [0.3, 0.4) is 0 Å². The molecule has 1 rings (SSSR count). The summed E-state index contributed by atoms with van der Waals surface area (Å²) in [5.74, 6) is 7.11. The van der Waals surface area contributed by atoms with Crippen molar-refractivity contribution in [2.45, 2.75) is 116 Å². The molecule has 0 heteroatoms. The number of hydrogen-bond donors (Lipinski definition) is 0. The second-order valence-corrected chi connectivity index (χ2v) is 10.7. The molecule has 0 aromatic heterocycles. The SMILES string of the molecule is CC(C)C.CC(C)C.CC(C)C.CC1CCCC(C)C(C)C(C)C1C. The van der Waals surface area contributed by atoms with Crippen molar-refractivity contribution in [3.8, 4) is 0 Å². The quantitative estimate of drug-likeness (QED) is 0.405. The predicted molar refractivity (Wildman–Crippen MR) is 121 cm³/mol. The molecule has 4 atom stereocenters. The third-order valence-electron chi connectivity index (χ3n) is 4.77. The normalized spacial score (nSPS) is 29.4. The van der Waals surface area contributed by atoms with Gasteiger partial charge >= 0.3 is 0 Å². The first-order chi connectivity index (χ1) is 11.2. The Balaban J connectivity index is -0.000000333. The Labute approximate surface area is 164 Å². The summed E-state index contributed by atoms with van der Waals surface area (Å²) in [7, 11) is 0. The van der Waals surface area contributed by atoms with E-state index in [1.165, 1.54) is 19.3 Å². The largest absolute Gasteiger partial charge is 0.0630 e. The molecule has 0 amide bonds. The van der Waals surface area contributed by atoms with Gasteiger partial charge < -0.3 is 0 Å². The second-order valence-electron chi connectivity index (χ2n) is 10.7. The maximum absolute atomic E-state index is 2.45. The summed E-state index contributed by atoms with van der Waals surface area (Å²) in [6, 6.07) is 0. The Kier molecular flexibility index (Phi) is 20.7. The average Bonchev–Trinajstić information content (AvgIpc) is 2.42. The molecule has 0 heterocycles. The minimum atomic E-state index is 0.833. The van der Waals surface area contributed by atoms with E-state index in [-0.39, 0.29) is 0 Å². The molecule has 1 aliphatic rings. The van der Waals surface area contributed by atoms with Crippen LogP contribution in [-0.2, 0) is 0 Å². The van der Waals surface area contributed by atoms with Crippen LogP contribution in [0.2, 0.25) is 0 Å². The zero-order valence-electron chi connectivity index (χ0n) is 20.7. The monoisotopic (exact) mass is 356 g/mol. The van der Waals surface area contributed by atoms with Gasteiger partial charge in [-0.3, -0.25) is 0 Å². The smallest absolute Gasteiger partial charge is 0.0386 e. The molecule has 1 saturated carbocycles. The molecule has 1 fully saturated rings. The first kappa shape index (κ1) is 29.8. The first-order valence-electron chi connectivity index (χ1n) is 11.2. The van der Waals surface area contributed by atoms with E-state index in [9.17, 15) is 0 Å². The van der Waals surface area contributed by atoms with Crippen molar-refractivity contribution in [2.75, 3.05) is 0 Å². The van der Waals surface area contributed by atoms with Crippen molar-refractivity contribution < 1.29 is 0 Å². The van der Waals surface area contributed by atoms with E-state index < -0.39 is 0 Å². The third-order valence-corrected chi connectivity index (χ3v) is 4.77. The van der Waals surface area contributed by atoms with Crippen LogP contribution in [0, 0.1) is 47.3 Å². The van der Waals surface area contributed by atoms with Gasteiger partial charge in [-0.1, -0.05) is 116 Å². The lowest BCUT2D eigenvalue weighted by Gasteiger charge is -2.36. The summed E-state index contributed by atoms with van der Waals surface area (Å²) in [6.07, 6.45) is 4.34. The minimum absolute atomic E-state index is 0.833. The molecular formula is C25H56. The fourth-order valence-electron chi connectivity index (χ4n) is 2.80. The van der Waals surface area contributed by atoms with Crippen LogP contribution in [0.15, 0.2) is 0 Å². The summed E-state index contributed by atoms with van der Waals surface area (Å²) >= 11 is 0. The molecule has 0 N–H and O–H groups in total. The van der Waals surface area contributed by atoms with Crippen molar-refractivity contribution in [3.63, 3.8) is 0 Å². The van der Waals surface area contributed by atoms with Crippen molar-refractivity contribution >= 4 is 0 Å². The summed E-state index contributed by atoms with van der Waals surface area (Å²) in [6.45, 7) is 31.7. The molecule has 0 aliphatic heterocycles. The molecule has 0 nitrogen and oxygen atoms in total. The molecule has 0 saturated heterocycles. The Hall–Kier alpha value is 0. The van der Waals surface area contributed by atoms with Crippen LogP contribution in [0.4, 0.5) is 0 Å². The van der Waals surface area contributed by atoms with Crippen molar-refractivity contribution in [1.29, 1.82) is 0 Å². The number of rotatable bonds is 0. The average molecular weight is 357 g/mol. The van der Waals surface area contributed by atoms with Crippen LogP contribution >= 0.6 is 0 Å². The Bertz CT molecular complexity index is 212. The van der Waals surface area contributed by atoms with Crippen molar-refractivity contribution in [3.05, 3.63) is 0 Å². The predicted octanol–water partition coefficient (Wildman–Crippen LogP) is 9.34. The van der Waals surface area contributed by atoms with Gasteiger partial charge in [0, 0.05) is 0 Å². The van der Waals surface area contributed by atoms with Gasteiger partial charge in [-0.05, 0) is 47.3 Å². The summed E-state index contributed by atoms with van der Waals surface area (Å²) in [5, 5.41) is 0. The lowest BCUT2D eigenvalue weighted by molar-refractivity contribution is 0.133. The fraction of sp³-hybridized carbons (Fsp3) is 1.00. The van der Waals surface area contributed by atoms with Crippen LogP contribution < -0.4 is 0 Å². The van der Waals surface area contributed by atoms with Crippen molar-refractivity contribution in [2.24, 2.45) is 47.3 Å². The topological polar surface area (TPSA) is 0 Å². The molecule has 0 spiro atoms. The van der Waals surface area contributed by atoms with Gasteiger partial charge in [-0.25, -0.2) is 0 Å². The lowest BCUT2D eigenvalue weighted by atomic mass is 9.69. The van der Waals surface area contributed by atoms with E-state index in [4.69, 9.17) is 0 Å². The Morgan fingerprint density at radius 2 is 0.640 bits per heavy atom. The van der Waals surface area contributed by atoms with Crippen LogP contribution in [0.25, 0.3) is 0 Å². The molecule has 0 aromatic rings. The summed E-state index contributed by atoms with van der Waals surface area (Å²) in [4.78, 5) is 0. The van der Waals surface area contributed by atoms with E-state index in [2.05, 4.69) is 96.9 Å². The third kappa shape index (κ3) is 24.0. The highest BCUT2D eigenvalue weighted by Gasteiger charge is 2.28. The van der Waals surface area contributed by atoms with Gasteiger partial charge in [-0.15, -0.1) is 0 Å². The van der Waals surface area contributed by atoms with Crippen LogP contribution in [0.5, 0.6) is 0 Å². The van der Waals surface area contributed by atoms with E-state index in [0.29, 0.717) is 0 Å². The van der Waals surface area contributed by atoms with Crippen LogP contribution in [-0.4, -0.2) is 0 Å². The van der Waals surface area contributed by atoms with E-state index in [1.54, 1.807) is 0 Å². The lowest BCUT2D eigenvalue weighted by Crippen LogP contribution is -2.28. The van der Waals surface area contributed by atoms with Gasteiger partial charge in [0.2, 0.25) is 0 Å². The van der Waals surface area contributed by atoms with E-state index >= 15 is 0 Å². The Morgan fingerprint density at radius 3 is 0.840 bits per heavy atom. The van der Waals surface area contributed by atoms with E-state index in [0.717, 1.165) is 47.3 Å². The Morgan fingerprint density at radius 1 is 0.440 bits per heavy atom. The fourth-order valence-corrected chi connectivity index (χ4v) is 2.80. The van der Waals surface area contributed by atoms with Gasteiger partial charge in [0.25, 0.3) is 0 Å². The van der Waals surface area contributed by atoms with Crippen molar-refractivity contribution in [1.82, 2.24) is 0 Å². The maximum Gasteiger partial charge on any atom is -0.0386 e. The van der Waals surface area contributed by atoms with Gasteiger partial charge in [0.1, 0.15) is 0 Å². The molecular weight excluding hydrogens is 300 g/mol. The maximum atomic E-state index is 2.45. The summed E-state index contributed by atoms with van der Waals surface area (Å²) < 4.78 is 0. The highest BCUT2D eigenvalue weighted by atomic mass is 14.3. The first-order valence-corrected chi connectivity index (χ1v) is 11.2. The molecule has 0 aromatic carbocycles. The highest BCUT2D eigenvalue weighted by molar-refractivity contribution is 4.78. The zero-order valence-corrected chi connectivity index (χ0v) is 20.7. The molecule has 0 radical (unpaired) electrons. The van der Waals surface area contributed by atoms with E-state index in [1.807, 2.05) is 0 Å². The summed E-state index contributed by atoms with van der Waals surface area (Å²) in [5.41, 5.74) is 0. The highest BCUT2D eigenvalue weighted by Crippen LogP contribution is 2.37. The molecule has 25 heavy (non-hydrogen) atoms. The molecule has 4 unspecified atom stereocenters. The van der Waals surface area contributed by atoms with Gasteiger partial charge in [0.05, 0.1) is 0 Å². The molecule has 156 valence electrons. The number of hydrogen-bond acceptors (Lipinski definition) is 0. The van der Waals surface area contributed by atoms with Crippen LogP contribution in [0.1, 0.15) is 116 Å². The standard InChI is InChI=1S/C13H26.3C4H10/c1-9-7-6-8-10(2)12(4)13(5)11(9)3;3*1-4(2)3/h9-13H,6-8H2,1-5H3;3*4H,1-3H3. The molecule has 0 bridgehead atoms. The van der Waals surface area contributed by atoms with Gasteiger partial charge in [0.15, 0.2) is 0 Å².